The third kappa shape index (κ3) is 4.52. The van der Waals surface area contributed by atoms with Crippen LogP contribution in [0.3, 0.4) is 0 Å². The predicted molar refractivity (Wildman–Crippen MR) is 106 cm³/mol. The molecule has 1 saturated heterocycles. The molecule has 6 nitrogen and oxygen atoms in total. The van der Waals surface area contributed by atoms with Crippen molar-refractivity contribution in [3.63, 3.8) is 0 Å². The highest BCUT2D eigenvalue weighted by molar-refractivity contribution is 5.80. The van der Waals surface area contributed by atoms with E-state index in [0.717, 1.165) is 64.9 Å². The van der Waals surface area contributed by atoms with Gasteiger partial charge in [-0.15, -0.1) is 0 Å². The summed E-state index contributed by atoms with van der Waals surface area (Å²) in [4.78, 5) is 7.38. The summed E-state index contributed by atoms with van der Waals surface area (Å²) < 4.78 is 11.4. The first-order valence-electron chi connectivity index (χ1n) is 10.6. The van der Waals surface area contributed by atoms with Gasteiger partial charge in [-0.3, -0.25) is 9.89 Å². The van der Waals surface area contributed by atoms with Crippen molar-refractivity contribution in [2.24, 2.45) is 16.3 Å². The number of guanidine groups is 1. The lowest BCUT2D eigenvalue weighted by molar-refractivity contribution is -0.168. The summed E-state index contributed by atoms with van der Waals surface area (Å²) in [6, 6.07) is 0.514. The molecule has 0 aromatic rings. The van der Waals surface area contributed by atoms with Crippen molar-refractivity contribution >= 4 is 5.96 Å². The van der Waals surface area contributed by atoms with E-state index in [1.54, 1.807) is 0 Å². The fourth-order valence-electron chi connectivity index (χ4n) is 4.66. The molecule has 0 bridgehead atoms. The van der Waals surface area contributed by atoms with E-state index < -0.39 is 0 Å². The van der Waals surface area contributed by atoms with Crippen LogP contribution in [-0.4, -0.2) is 75.5 Å². The fraction of sp³-hybridized carbons (Fsp3) is 0.950. The number of aliphatic imine (C=N–C) groups is 1. The van der Waals surface area contributed by atoms with E-state index in [2.05, 4.69) is 36.3 Å². The zero-order chi connectivity index (χ0) is 18.4. The maximum absolute atomic E-state index is 5.97. The van der Waals surface area contributed by atoms with E-state index in [1.165, 1.54) is 19.3 Å². The number of nitrogens with one attached hydrogen (secondary N) is 2. The highest BCUT2D eigenvalue weighted by atomic mass is 16.5. The second-order valence-corrected chi connectivity index (χ2v) is 8.20. The normalized spacial score (nSPS) is 29.7. The van der Waals surface area contributed by atoms with Crippen LogP contribution in [-0.2, 0) is 9.47 Å². The molecule has 0 amide bonds. The van der Waals surface area contributed by atoms with Gasteiger partial charge in [0, 0.05) is 50.8 Å². The second-order valence-electron chi connectivity index (χ2n) is 8.20. The van der Waals surface area contributed by atoms with Crippen LogP contribution in [0.25, 0.3) is 0 Å². The lowest BCUT2D eigenvalue weighted by Crippen LogP contribution is -2.68. The van der Waals surface area contributed by atoms with Crippen LogP contribution in [0, 0.1) is 11.3 Å². The molecule has 3 fully saturated rings. The molecule has 3 unspecified atom stereocenters. The van der Waals surface area contributed by atoms with Crippen molar-refractivity contribution in [3.8, 4) is 0 Å². The first-order valence-corrected chi connectivity index (χ1v) is 10.6. The highest BCUT2D eigenvalue weighted by Gasteiger charge is 2.59. The molecule has 6 heteroatoms. The monoisotopic (exact) mass is 366 g/mol. The van der Waals surface area contributed by atoms with Crippen LogP contribution in [0.1, 0.15) is 46.5 Å². The van der Waals surface area contributed by atoms with Crippen LogP contribution in [0.15, 0.2) is 4.99 Å². The number of morpholine rings is 1. The smallest absolute Gasteiger partial charge is 0.191 e. The molecule has 2 aliphatic carbocycles. The number of ether oxygens (including phenoxy) is 2. The molecule has 3 aliphatic rings. The van der Waals surface area contributed by atoms with E-state index in [-0.39, 0.29) is 0 Å². The van der Waals surface area contributed by atoms with Gasteiger partial charge < -0.3 is 20.1 Å². The van der Waals surface area contributed by atoms with E-state index in [9.17, 15) is 0 Å². The molecule has 26 heavy (non-hydrogen) atoms. The Hall–Kier alpha value is -0.850. The van der Waals surface area contributed by atoms with Crippen molar-refractivity contribution in [1.82, 2.24) is 15.5 Å². The minimum absolute atomic E-state index is 0.367. The van der Waals surface area contributed by atoms with Crippen molar-refractivity contribution in [2.75, 3.05) is 52.5 Å². The topological polar surface area (TPSA) is 58.1 Å². The van der Waals surface area contributed by atoms with Gasteiger partial charge in [-0.05, 0) is 39.0 Å². The maximum atomic E-state index is 5.97. The first-order chi connectivity index (χ1) is 12.7. The van der Waals surface area contributed by atoms with Crippen molar-refractivity contribution in [3.05, 3.63) is 0 Å². The van der Waals surface area contributed by atoms with E-state index >= 15 is 0 Å². The van der Waals surface area contributed by atoms with Gasteiger partial charge in [-0.1, -0.05) is 13.3 Å². The average Bonchev–Trinajstić information content (AvgIpc) is 2.58. The van der Waals surface area contributed by atoms with Gasteiger partial charge in [0.05, 0.1) is 19.3 Å². The van der Waals surface area contributed by atoms with Gasteiger partial charge in [-0.25, -0.2) is 0 Å². The summed E-state index contributed by atoms with van der Waals surface area (Å²) in [5.41, 5.74) is 0.367. The van der Waals surface area contributed by atoms with Gasteiger partial charge in [-0.2, -0.15) is 0 Å². The maximum Gasteiger partial charge on any atom is 0.191 e. The van der Waals surface area contributed by atoms with Crippen LogP contribution in [0.5, 0.6) is 0 Å². The zero-order valence-electron chi connectivity index (χ0n) is 16.9. The number of hydrogen-bond donors (Lipinski definition) is 2. The van der Waals surface area contributed by atoms with Gasteiger partial charge in [0.25, 0.3) is 0 Å². The molecular weight excluding hydrogens is 328 g/mol. The summed E-state index contributed by atoms with van der Waals surface area (Å²) >= 11 is 0. The molecule has 1 heterocycles. The Balaban J connectivity index is 1.49. The Labute approximate surface area is 159 Å². The lowest BCUT2D eigenvalue weighted by Gasteiger charge is -2.61. The standard InChI is InChI=1S/C20H38N4O2/c1-4-21-19(22-14-16(3)15-24-9-11-25-12-10-24)23-17-13-18(26-5-2)20(17)7-6-8-20/h16-18H,4-15H2,1-3H3,(H2,21,22,23). The molecule has 1 aliphatic heterocycles. The van der Waals surface area contributed by atoms with Crippen molar-refractivity contribution in [2.45, 2.75) is 58.6 Å². The Morgan fingerprint density at radius 2 is 2.08 bits per heavy atom. The number of nitrogens with zero attached hydrogens (tertiary/aromatic N) is 2. The van der Waals surface area contributed by atoms with Crippen LogP contribution < -0.4 is 10.6 Å². The largest absolute Gasteiger partial charge is 0.379 e. The Morgan fingerprint density at radius 3 is 2.69 bits per heavy atom. The third-order valence-corrected chi connectivity index (χ3v) is 6.33. The highest BCUT2D eigenvalue weighted by Crippen LogP contribution is 2.57. The van der Waals surface area contributed by atoms with E-state index in [4.69, 9.17) is 14.5 Å². The number of hydrogen-bond acceptors (Lipinski definition) is 4. The summed E-state index contributed by atoms with van der Waals surface area (Å²) in [6.07, 6.45) is 5.49. The summed E-state index contributed by atoms with van der Waals surface area (Å²) in [5, 5.41) is 7.16. The van der Waals surface area contributed by atoms with E-state index in [1.807, 2.05) is 0 Å². The van der Waals surface area contributed by atoms with Gasteiger partial charge in [0.15, 0.2) is 5.96 Å². The minimum atomic E-state index is 0.367. The molecule has 150 valence electrons. The molecule has 0 aromatic carbocycles. The molecule has 2 N–H and O–H groups in total. The summed E-state index contributed by atoms with van der Waals surface area (Å²) in [7, 11) is 0. The molecular formula is C20H38N4O2. The predicted octanol–water partition coefficient (Wildman–Crippen LogP) is 1.86. The second kappa shape index (κ2) is 9.38. The van der Waals surface area contributed by atoms with Gasteiger partial charge >= 0.3 is 0 Å². The molecule has 3 atom stereocenters. The quantitative estimate of drug-likeness (QED) is 0.507. The third-order valence-electron chi connectivity index (χ3n) is 6.33. The van der Waals surface area contributed by atoms with Crippen LogP contribution >= 0.6 is 0 Å². The van der Waals surface area contributed by atoms with E-state index in [0.29, 0.717) is 23.5 Å². The number of rotatable bonds is 8. The fourth-order valence-corrected chi connectivity index (χ4v) is 4.66. The molecule has 2 saturated carbocycles. The SMILES string of the molecule is CCNC(=NCC(C)CN1CCOCC1)NC1CC(OCC)C12CCC2. The summed E-state index contributed by atoms with van der Waals surface area (Å²) in [5.74, 6) is 1.53. The van der Waals surface area contributed by atoms with Crippen molar-refractivity contribution in [1.29, 1.82) is 0 Å². The first kappa shape index (κ1) is 19.9. The molecule has 1 spiro atoms. The Morgan fingerprint density at radius 1 is 1.31 bits per heavy atom. The zero-order valence-corrected chi connectivity index (χ0v) is 16.9. The van der Waals surface area contributed by atoms with Gasteiger partial charge in [0.2, 0.25) is 0 Å². The van der Waals surface area contributed by atoms with Crippen LogP contribution in [0.2, 0.25) is 0 Å². The molecule has 3 rings (SSSR count). The molecule has 0 aromatic heterocycles. The van der Waals surface area contributed by atoms with Crippen LogP contribution in [0.4, 0.5) is 0 Å². The minimum Gasteiger partial charge on any atom is -0.379 e. The van der Waals surface area contributed by atoms with Gasteiger partial charge in [0.1, 0.15) is 0 Å². The average molecular weight is 367 g/mol. The molecule has 0 radical (unpaired) electrons. The summed E-state index contributed by atoms with van der Waals surface area (Å²) in [6.45, 7) is 14.1. The Bertz CT molecular complexity index is 461. The van der Waals surface area contributed by atoms with Crippen molar-refractivity contribution < 1.29 is 9.47 Å². The lowest BCUT2D eigenvalue weighted by atomic mass is 9.51. The Kier molecular flexibility index (Phi) is 7.18.